The zero-order valence-corrected chi connectivity index (χ0v) is 11.7. The molecular formula is C13H19N3OS. The van der Waals surface area contributed by atoms with Gasteiger partial charge in [0.2, 0.25) is 11.8 Å². The van der Waals surface area contributed by atoms with E-state index in [0.29, 0.717) is 5.89 Å². The molecule has 2 aromatic heterocycles. The molecule has 0 aliphatic carbocycles. The van der Waals surface area contributed by atoms with E-state index in [1.165, 1.54) is 4.88 Å². The molecule has 0 saturated heterocycles. The fourth-order valence-electron chi connectivity index (χ4n) is 1.88. The predicted molar refractivity (Wildman–Crippen MR) is 72.7 cm³/mol. The van der Waals surface area contributed by atoms with Crippen molar-refractivity contribution in [1.29, 1.82) is 0 Å². The molecule has 18 heavy (non-hydrogen) atoms. The van der Waals surface area contributed by atoms with E-state index in [-0.39, 0.29) is 6.04 Å². The van der Waals surface area contributed by atoms with Crippen LogP contribution in [-0.2, 0) is 12.8 Å². The number of aryl methyl sites for hydroxylation is 2. The number of nitrogens with one attached hydrogen (secondary N) is 1. The van der Waals surface area contributed by atoms with Crippen molar-refractivity contribution in [2.45, 2.75) is 38.6 Å². The van der Waals surface area contributed by atoms with Crippen molar-refractivity contribution in [3.8, 4) is 0 Å². The van der Waals surface area contributed by atoms with Crippen LogP contribution in [0.5, 0.6) is 0 Å². The van der Waals surface area contributed by atoms with E-state index in [1.807, 2.05) is 7.05 Å². The van der Waals surface area contributed by atoms with Crippen LogP contribution in [-0.4, -0.2) is 17.2 Å². The van der Waals surface area contributed by atoms with Crippen molar-refractivity contribution in [3.63, 3.8) is 0 Å². The van der Waals surface area contributed by atoms with Gasteiger partial charge in [0.05, 0.1) is 6.04 Å². The van der Waals surface area contributed by atoms with Crippen LogP contribution < -0.4 is 5.32 Å². The molecule has 0 radical (unpaired) electrons. The van der Waals surface area contributed by atoms with Gasteiger partial charge in [0.1, 0.15) is 0 Å². The summed E-state index contributed by atoms with van der Waals surface area (Å²) in [5, 5.41) is 13.5. The highest BCUT2D eigenvalue weighted by Gasteiger charge is 2.14. The van der Waals surface area contributed by atoms with Gasteiger partial charge in [-0.1, -0.05) is 13.0 Å². The van der Waals surface area contributed by atoms with Gasteiger partial charge in [-0.3, -0.25) is 0 Å². The summed E-state index contributed by atoms with van der Waals surface area (Å²) in [6.07, 6.45) is 3.94. The zero-order valence-electron chi connectivity index (χ0n) is 10.8. The first kappa shape index (κ1) is 13.2. The van der Waals surface area contributed by atoms with Crippen molar-refractivity contribution in [2.24, 2.45) is 0 Å². The van der Waals surface area contributed by atoms with Crippen LogP contribution in [0.3, 0.4) is 0 Å². The molecular weight excluding hydrogens is 246 g/mol. The second-order valence-electron chi connectivity index (χ2n) is 4.22. The molecule has 0 fully saturated rings. The van der Waals surface area contributed by atoms with Crippen LogP contribution in [0.4, 0.5) is 0 Å². The van der Waals surface area contributed by atoms with E-state index in [2.05, 4.69) is 40.0 Å². The van der Waals surface area contributed by atoms with Gasteiger partial charge < -0.3 is 9.73 Å². The summed E-state index contributed by atoms with van der Waals surface area (Å²) in [5.74, 6) is 1.45. The molecule has 0 saturated carbocycles. The highest BCUT2D eigenvalue weighted by Crippen LogP contribution is 2.16. The first-order valence-electron chi connectivity index (χ1n) is 6.35. The summed E-state index contributed by atoms with van der Waals surface area (Å²) < 4.78 is 5.67. The Morgan fingerprint density at radius 2 is 2.28 bits per heavy atom. The average Bonchev–Trinajstić information content (AvgIpc) is 3.03. The summed E-state index contributed by atoms with van der Waals surface area (Å²) in [5.41, 5.74) is 0. The quantitative estimate of drug-likeness (QED) is 0.836. The van der Waals surface area contributed by atoms with Crippen LogP contribution in [0, 0.1) is 0 Å². The molecule has 0 bridgehead atoms. The largest absolute Gasteiger partial charge is 0.424 e. The standard InChI is InChI=1S/C13H19N3OS/c1-3-11(14-2)13-16-15-12(17-13)8-4-6-10-7-5-9-18-10/h5,7,9,11,14H,3-4,6,8H2,1-2H3. The Hall–Kier alpha value is -1.20. The Morgan fingerprint density at radius 1 is 1.39 bits per heavy atom. The maximum Gasteiger partial charge on any atom is 0.233 e. The van der Waals surface area contributed by atoms with Crippen LogP contribution in [0.1, 0.15) is 42.5 Å². The molecule has 5 heteroatoms. The minimum atomic E-state index is 0.170. The average molecular weight is 265 g/mol. The van der Waals surface area contributed by atoms with Gasteiger partial charge >= 0.3 is 0 Å². The third-order valence-corrected chi connectivity index (χ3v) is 3.87. The van der Waals surface area contributed by atoms with Crippen LogP contribution >= 0.6 is 11.3 Å². The fourth-order valence-corrected chi connectivity index (χ4v) is 2.63. The maximum absolute atomic E-state index is 5.67. The van der Waals surface area contributed by atoms with E-state index in [9.17, 15) is 0 Å². The summed E-state index contributed by atoms with van der Waals surface area (Å²) >= 11 is 1.80. The molecule has 0 aliphatic heterocycles. The summed E-state index contributed by atoms with van der Waals surface area (Å²) in [4.78, 5) is 1.41. The molecule has 2 rings (SSSR count). The van der Waals surface area contributed by atoms with Gasteiger partial charge in [-0.2, -0.15) is 0 Å². The zero-order chi connectivity index (χ0) is 12.8. The molecule has 2 heterocycles. The van der Waals surface area contributed by atoms with Gasteiger partial charge in [0, 0.05) is 11.3 Å². The minimum Gasteiger partial charge on any atom is -0.424 e. The lowest BCUT2D eigenvalue weighted by Crippen LogP contribution is -2.15. The maximum atomic E-state index is 5.67. The molecule has 0 spiro atoms. The van der Waals surface area contributed by atoms with Crippen molar-refractivity contribution < 1.29 is 4.42 Å². The monoisotopic (exact) mass is 265 g/mol. The first-order valence-corrected chi connectivity index (χ1v) is 7.23. The summed E-state index contributed by atoms with van der Waals surface area (Å²) in [6, 6.07) is 4.42. The van der Waals surface area contributed by atoms with Gasteiger partial charge in [0.15, 0.2) is 0 Å². The van der Waals surface area contributed by atoms with Crippen LogP contribution in [0.15, 0.2) is 21.9 Å². The van der Waals surface area contributed by atoms with Gasteiger partial charge in [-0.25, -0.2) is 0 Å². The lowest BCUT2D eigenvalue weighted by molar-refractivity contribution is 0.384. The Labute approximate surface area is 111 Å². The molecule has 0 amide bonds. The van der Waals surface area contributed by atoms with E-state index in [0.717, 1.165) is 31.6 Å². The normalized spacial score (nSPS) is 12.8. The Balaban J connectivity index is 1.83. The smallest absolute Gasteiger partial charge is 0.233 e. The van der Waals surface area contributed by atoms with E-state index in [1.54, 1.807) is 11.3 Å². The van der Waals surface area contributed by atoms with Crippen molar-refractivity contribution >= 4 is 11.3 Å². The summed E-state index contributed by atoms with van der Waals surface area (Å²) in [6.45, 7) is 2.10. The van der Waals surface area contributed by atoms with E-state index >= 15 is 0 Å². The topological polar surface area (TPSA) is 51.0 Å². The lowest BCUT2D eigenvalue weighted by Gasteiger charge is -2.07. The SMILES string of the molecule is CCC(NC)c1nnc(CCCc2cccs2)o1. The van der Waals surface area contributed by atoms with Crippen molar-refractivity contribution in [3.05, 3.63) is 34.2 Å². The Kier molecular flexibility index (Phi) is 4.90. The molecule has 0 aromatic carbocycles. The Bertz CT molecular complexity index is 449. The third kappa shape index (κ3) is 3.40. The third-order valence-electron chi connectivity index (χ3n) is 2.93. The van der Waals surface area contributed by atoms with E-state index < -0.39 is 0 Å². The highest BCUT2D eigenvalue weighted by atomic mass is 32.1. The van der Waals surface area contributed by atoms with Crippen molar-refractivity contribution in [2.75, 3.05) is 7.05 Å². The molecule has 2 aromatic rings. The molecule has 1 N–H and O–H groups in total. The lowest BCUT2D eigenvalue weighted by atomic mass is 10.2. The molecule has 0 aliphatic rings. The van der Waals surface area contributed by atoms with Gasteiger partial charge in [0.25, 0.3) is 0 Å². The van der Waals surface area contributed by atoms with Crippen molar-refractivity contribution in [1.82, 2.24) is 15.5 Å². The highest BCUT2D eigenvalue weighted by molar-refractivity contribution is 7.09. The van der Waals surface area contributed by atoms with E-state index in [4.69, 9.17) is 4.42 Å². The number of aromatic nitrogens is 2. The second kappa shape index (κ2) is 6.66. The van der Waals surface area contributed by atoms with Crippen LogP contribution in [0.2, 0.25) is 0 Å². The summed E-state index contributed by atoms with van der Waals surface area (Å²) in [7, 11) is 1.91. The number of nitrogens with zero attached hydrogens (tertiary/aromatic N) is 2. The van der Waals surface area contributed by atoms with Gasteiger partial charge in [-0.05, 0) is 37.8 Å². The molecule has 1 atom stereocenters. The number of rotatable bonds is 7. The number of hydrogen-bond donors (Lipinski definition) is 1. The number of hydrogen-bond acceptors (Lipinski definition) is 5. The molecule has 4 nitrogen and oxygen atoms in total. The molecule has 98 valence electrons. The second-order valence-corrected chi connectivity index (χ2v) is 5.25. The van der Waals surface area contributed by atoms with Crippen LogP contribution in [0.25, 0.3) is 0 Å². The number of thiophene rings is 1. The predicted octanol–water partition coefficient (Wildman–Crippen LogP) is 2.98. The first-order chi connectivity index (χ1) is 8.83. The fraction of sp³-hybridized carbons (Fsp3) is 0.538. The minimum absolute atomic E-state index is 0.170. The Morgan fingerprint density at radius 3 is 2.94 bits per heavy atom. The molecule has 1 unspecified atom stereocenters. The van der Waals surface area contributed by atoms with Gasteiger partial charge in [-0.15, -0.1) is 21.5 Å².